The van der Waals surface area contributed by atoms with Crippen LogP contribution in [0.5, 0.6) is 11.5 Å². The Morgan fingerprint density at radius 2 is 1.76 bits per heavy atom. The normalized spacial score (nSPS) is 12.3. The van der Waals surface area contributed by atoms with Crippen LogP contribution in [0.3, 0.4) is 0 Å². The van der Waals surface area contributed by atoms with Gasteiger partial charge in [-0.2, -0.15) is 0 Å². The zero-order valence-electron chi connectivity index (χ0n) is 12.3. The highest BCUT2D eigenvalue weighted by atomic mass is 35.5. The first-order chi connectivity index (χ1) is 10.0. The smallest absolute Gasteiger partial charge is 0.120 e. The zero-order valence-corrected chi connectivity index (χ0v) is 13.8. The van der Waals surface area contributed by atoms with Gasteiger partial charge in [-0.25, -0.2) is 0 Å². The lowest BCUT2D eigenvalue weighted by Gasteiger charge is -2.15. The lowest BCUT2D eigenvalue weighted by molar-refractivity contribution is 0.242. The van der Waals surface area contributed by atoms with Gasteiger partial charge in [-0.1, -0.05) is 29.8 Å². The summed E-state index contributed by atoms with van der Waals surface area (Å²) in [5.74, 6) is 1.52. The van der Waals surface area contributed by atoms with Crippen LogP contribution in [0.15, 0.2) is 42.5 Å². The van der Waals surface area contributed by atoms with E-state index in [0.29, 0.717) is 10.8 Å². The van der Waals surface area contributed by atoms with Gasteiger partial charge < -0.3 is 9.47 Å². The van der Waals surface area contributed by atoms with Crippen LogP contribution in [0.1, 0.15) is 30.4 Å². The quantitative estimate of drug-likeness (QED) is 0.679. The Balaban J connectivity index is 2.29. The Hall–Kier alpha value is -1.38. The number of halogens is 2. The molecule has 0 aliphatic carbocycles. The first kappa shape index (κ1) is 16.0. The highest BCUT2D eigenvalue weighted by Crippen LogP contribution is 2.36. The Bertz CT molecular complexity index is 611. The molecule has 2 aromatic rings. The van der Waals surface area contributed by atoms with Crippen LogP contribution in [0.25, 0.3) is 0 Å². The van der Waals surface area contributed by atoms with Crippen LogP contribution in [-0.2, 0) is 0 Å². The molecule has 0 amide bonds. The highest BCUT2D eigenvalue weighted by Gasteiger charge is 2.15. The van der Waals surface area contributed by atoms with Crippen LogP contribution >= 0.6 is 23.2 Å². The standard InChI is InChI=1S/C17H18Cl2O2/c1-11(2)21-14-6-4-5-12(9-14)17(19)15-8-7-13(20-3)10-16(15)18/h4-11,17H,1-3H3. The summed E-state index contributed by atoms with van der Waals surface area (Å²) in [7, 11) is 1.61. The van der Waals surface area contributed by atoms with Gasteiger partial charge in [0, 0.05) is 5.02 Å². The van der Waals surface area contributed by atoms with E-state index in [-0.39, 0.29) is 11.5 Å². The van der Waals surface area contributed by atoms with Crippen molar-refractivity contribution in [3.8, 4) is 11.5 Å². The first-order valence-corrected chi connectivity index (χ1v) is 7.57. The van der Waals surface area contributed by atoms with Gasteiger partial charge in [0.05, 0.1) is 18.6 Å². The topological polar surface area (TPSA) is 18.5 Å². The van der Waals surface area contributed by atoms with Crippen molar-refractivity contribution in [3.63, 3.8) is 0 Å². The minimum absolute atomic E-state index is 0.124. The second kappa shape index (κ2) is 7.06. The van der Waals surface area contributed by atoms with E-state index in [1.165, 1.54) is 0 Å². The maximum atomic E-state index is 6.56. The fraction of sp³-hybridized carbons (Fsp3) is 0.294. The molecule has 0 saturated carbocycles. The number of ether oxygens (including phenoxy) is 2. The molecule has 4 heteroatoms. The summed E-state index contributed by atoms with van der Waals surface area (Å²) < 4.78 is 10.8. The van der Waals surface area contributed by atoms with Gasteiger partial charge >= 0.3 is 0 Å². The maximum absolute atomic E-state index is 6.56. The Kier molecular flexibility index (Phi) is 5.38. The van der Waals surface area contributed by atoms with Crippen LogP contribution in [-0.4, -0.2) is 13.2 Å². The summed E-state index contributed by atoms with van der Waals surface area (Å²) in [5.41, 5.74) is 1.79. The lowest BCUT2D eigenvalue weighted by Crippen LogP contribution is -2.06. The third-order valence-corrected chi connectivity index (χ3v) is 3.82. The summed E-state index contributed by atoms with van der Waals surface area (Å²) in [6.07, 6.45) is 0.124. The summed E-state index contributed by atoms with van der Waals surface area (Å²) in [6, 6.07) is 13.3. The van der Waals surface area contributed by atoms with Crippen molar-refractivity contribution < 1.29 is 9.47 Å². The predicted molar refractivity (Wildman–Crippen MR) is 87.9 cm³/mol. The number of hydrogen-bond donors (Lipinski definition) is 0. The van der Waals surface area contributed by atoms with Gasteiger partial charge in [0.2, 0.25) is 0 Å². The second-order valence-electron chi connectivity index (χ2n) is 4.99. The van der Waals surface area contributed by atoms with E-state index in [1.807, 2.05) is 50.2 Å². The fourth-order valence-electron chi connectivity index (χ4n) is 2.04. The first-order valence-electron chi connectivity index (χ1n) is 6.75. The molecular formula is C17H18Cl2O2. The zero-order chi connectivity index (χ0) is 15.4. The molecule has 0 saturated heterocycles. The van der Waals surface area contributed by atoms with Gasteiger partial charge in [-0.3, -0.25) is 0 Å². The average molecular weight is 325 g/mol. The highest BCUT2D eigenvalue weighted by molar-refractivity contribution is 6.33. The summed E-state index contributed by atoms with van der Waals surface area (Å²) in [4.78, 5) is 0. The van der Waals surface area contributed by atoms with E-state index in [0.717, 1.165) is 16.9 Å². The van der Waals surface area contributed by atoms with Crippen molar-refractivity contribution >= 4 is 23.2 Å². The predicted octanol–water partition coefficient (Wildman–Crippen LogP) is 5.46. The van der Waals surface area contributed by atoms with Crippen molar-refractivity contribution in [2.45, 2.75) is 25.3 Å². The monoisotopic (exact) mass is 324 g/mol. The molecule has 0 radical (unpaired) electrons. The van der Waals surface area contributed by atoms with Crippen LogP contribution < -0.4 is 9.47 Å². The van der Waals surface area contributed by atoms with E-state index in [4.69, 9.17) is 32.7 Å². The van der Waals surface area contributed by atoms with E-state index < -0.39 is 0 Å². The number of benzene rings is 2. The minimum Gasteiger partial charge on any atom is -0.497 e. The number of methoxy groups -OCH3 is 1. The third kappa shape index (κ3) is 4.05. The third-order valence-electron chi connectivity index (χ3n) is 3.00. The minimum atomic E-state index is -0.334. The Morgan fingerprint density at radius 1 is 1.00 bits per heavy atom. The molecule has 0 aliphatic rings. The molecule has 0 fully saturated rings. The fourth-order valence-corrected chi connectivity index (χ4v) is 2.70. The van der Waals surface area contributed by atoms with E-state index >= 15 is 0 Å². The molecule has 0 aromatic heterocycles. The maximum Gasteiger partial charge on any atom is 0.120 e. The lowest BCUT2D eigenvalue weighted by atomic mass is 10.0. The second-order valence-corrected chi connectivity index (χ2v) is 5.83. The van der Waals surface area contributed by atoms with Gasteiger partial charge in [0.25, 0.3) is 0 Å². The average Bonchev–Trinajstić information content (AvgIpc) is 2.46. The molecule has 0 N–H and O–H groups in total. The summed E-state index contributed by atoms with van der Waals surface area (Å²) in [6.45, 7) is 3.98. The molecule has 0 aliphatic heterocycles. The molecule has 21 heavy (non-hydrogen) atoms. The van der Waals surface area contributed by atoms with E-state index in [9.17, 15) is 0 Å². The Morgan fingerprint density at radius 3 is 2.38 bits per heavy atom. The van der Waals surface area contributed by atoms with Gasteiger partial charge in [0.15, 0.2) is 0 Å². The summed E-state index contributed by atoms with van der Waals surface area (Å²) in [5, 5.41) is 0.253. The van der Waals surface area contributed by atoms with Gasteiger partial charge in [-0.05, 0) is 49.2 Å². The van der Waals surface area contributed by atoms with Crippen LogP contribution in [0.4, 0.5) is 0 Å². The van der Waals surface area contributed by atoms with Crippen molar-refractivity contribution in [2.75, 3.05) is 7.11 Å². The van der Waals surface area contributed by atoms with Crippen molar-refractivity contribution in [2.24, 2.45) is 0 Å². The molecule has 0 heterocycles. The molecule has 112 valence electrons. The largest absolute Gasteiger partial charge is 0.497 e. The number of rotatable bonds is 5. The van der Waals surface area contributed by atoms with E-state index in [2.05, 4.69) is 0 Å². The van der Waals surface area contributed by atoms with E-state index in [1.54, 1.807) is 13.2 Å². The molecule has 2 nitrogen and oxygen atoms in total. The molecule has 1 unspecified atom stereocenters. The molecule has 1 atom stereocenters. The van der Waals surface area contributed by atoms with Crippen molar-refractivity contribution in [1.82, 2.24) is 0 Å². The molecule has 2 rings (SSSR count). The molecule has 0 spiro atoms. The van der Waals surface area contributed by atoms with Crippen molar-refractivity contribution in [1.29, 1.82) is 0 Å². The Labute approximate surface area is 135 Å². The van der Waals surface area contributed by atoms with Crippen LogP contribution in [0.2, 0.25) is 5.02 Å². The van der Waals surface area contributed by atoms with Crippen molar-refractivity contribution in [3.05, 3.63) is 58.6 Å². The summed E-state index contributed by atoms with van der Waals surface area (Å²) >= 11 is 12.8. The van der Waals surface area contributed by atoms with Crippen LogP contribution in [0, 0.1) is 0 Å². The number of alkyl halides is 1. The molecule has 0 bridgehead atoms. The molecule has 2 aromatic carbocycles. The van der Waals surface area contributed by atoms with Gasteiger partial charge in [-0.15, -0.1) is 11.6 Å². The SMILES string of the molecule is COc1ccc(C(Cl)c2cccc(OC(C)C)c2)c(Cl)c1. The molecular weight excluding hydrogens is 307 g/mol. The van der Waals surface area contributed by atoms with Gasteiger partial charge in [0.1, 0.15) is 11.5 Å². The number of hydrogen-bond acceptors (Lipinski definition) is 2.